The molecule has 0 spiro atoms. The van der Waals surface area contributed by atoms with E-state index in [2.05, 4.69) is 11.8 Å². The monoisotopic (exact) mass is 247 g/mol. The Labute approximate surface area is 104 Å². The first-order valence-electron chi connectivity index (χ1n) is 5.20. The van der Waals surface area contributed by atoms with Gasteiger partial charge < -0.3 is 4.90 Å². The number of anilines is 1. The smallest absolute Gasteiger partial charge is 0.299 e. The predicted molar refractivity (Wildman–Crippen MR) is 66.2 cm³/mol. The number of halogens is 1. The normalized spacial score (nSPS) is 13.4. The van der Waals surface area contributed by atoms with E-state index in [1.165, 1.54) is 11.0 Å². The Morgan fingerprint density at radius 3 is 2.82 bits per heavy atom. The van der Waals surface area contributed by atoms with Crippen LogP contribution in [0.4, 0.5) is 5.69 Å². The van der Waals surface area contributed by atoms with Gasteiger partial charge in [-0.3, -0.25) is 9.59 Å². The van der Waals surface area contributed by atoms with E-state index >= 15 is 0 Å². The van der Waals surface area contributed by atoms with E-state index in [9.17, 15) is 9.59 Å². The maximum atomic E-state index is 11.8. The van der Waals surface area contributed by atoms with Gasteiger partial charge in [-0.2, -0.15) is 0 Å². The van der Waals surface area contributed by atoms with E-state index in [4.69, 9.17) is 11.6 Å². The molecule has 0 bridgehead atoms. The summed E-state index contributed by atoms with van der Waals surface area (Å²) in [5, 5.41) is 0.458. The van der Waals surface area contributed by atoms with Crippen LogP contribution in [0, 0.1) is 11.8 Å². The van der Waals surface area contributed by atoms with Gasteiger partial charge >= 0.3 is 0 Å². The molecule has 86 valence electrons. The van der Waals surface area contributed by atoms with Crippen LogP contribution in [0.15, 0.2) is 18.2 Å². The van der Waals surface area contributed by atoms with E-state index in [0.29, 0.717) is 29.2 Å². The van der Waals surface area contributed by atoms with Gasteiger partial charge in [0.1, 0.15) is 0 Å². The van der Waals surface area contributed by atoms with Crippen LogP contribution < -0.4 is 4.90 Å². The van der Waals surface area contributed by atoms with Crippen molar-refractivity contribution in [1.82, 2.24) is 0 Å². The van der Waals surface area contributed by atoms with Crippen molar-refractivity contribution in [2.75, 3.05) is 11.4 Å². The van der Waals surface area contributed by atoms with Crippen LogP contribution >= 0.6 is 11.6 Å². The number of Topliss-reactive ketones (excluding diaryl/α,β-unsaturated/α-hetero) is 1. The number of amides is 1. The zero-order chi connectivity index (χ0) is 12.4. The molecule has 0 fully saturated rings. The fourth-order valence-electron chi connectivity index (χ4n) is 1.79. The zero-order valence-corrected chi connectivity index (χ0v) is 10.0. The summed E-state index contributed by atoms with van der Waals surface area (Å²) < 4.78 is 0. The van der Waals surface area contributed by atoms with Gasteiger partial charge in [0.25, 0.3) is 11.7 Å². The molecule has 1 aliphatic heterocycles. The molecule has 1 amide bonds. The molecule has 1 aromatic carbocycles. The molecule has 1 aliphatic rings. The van der Waals surface area contributed by atoms with Gasteiger partial charge in [-0.1, -0.05) is 11.6 Å². The average molecular weight is 248 g/mol. The first kappa shape index (κ1) is 11.7. The van der Waals surface area contributed by atoms with Crippen LogP contribution in [0.5, 0.6) is 0 Å². The third-order valence-corrected chi connectivity index (χ3v) is 2.81. The number of rotatable bonds is 2. The lowest BCUT2D eigenvalue weighted by atomic mass is 10.1. The Morgan fingerprint density at radius 1 is 1.35 bits per heavy atom. The minimum absolute atomic E-state index is 0.381. The predicted octanol–water partition coefficient (Wildman–Crippen LogP) is 2.28. The molecule has 0 atom stereocenters. The highest BCUT2D eigenvalue weighted by molar-refractivity contribution is 6.52. The van der Waals surface area contributed by atoms with Gasteiger partial charge in [-0.05, 0) is 25.1 Å². The van der Waals surface area contributed by atoms with Gasteiger partial charge in [-0.15, -0.1) is 11.8 Å². The number of ketones is 1. The van der Waals surface area contributed by atoms with Crippen molar-refractivity contribution in [3.05, 3.63) is 28.8 Å². The molecule has 1 heterocycles. The van der Waals surface area contributed by atoms with Crippen molar-refractivity contribution >= 4 is 29.0 Å². The summed E-state index contributed by atoms with van der Waals surface area (Å²) in [6.07, 6.45) is 0.553. The van der Waals surface area contributed by atoms with Crippen molar-refractivity contribution in [1.29, 1.82) is 0 Å². The fraction of sp³-hybridized carbons (Fsp3) is 0.231. The summed E-state index contributed by atoms with van der Waals surface area (Å²) in [5.41, 5.74) is 1.01. The number of hydrogen-bond acceptors (Lipinski definition) is 2. The topological polar surface area (TPSA) is 37.4 Å². The summed E-state index contributed by atoms with van der Waals surface area (Å²) in [4.78, 5) is 24.9. The molecule has 0 aromatic heterocycles. The van der Waals surface area contributed by atoms with E-state index in [-0.39, 0.29) is 0 Å². The second kappa shape index (κ2) is 4.60. The van der Waals surface area contributed by atoms with Gasteiger partial charge in [0.2, 0.25) is 0 Å². The minimum Gasteiger partial charge on any atom is -0.304 e. The van der Waals surface area contributed by atoms with E-state index in [0.717, 1.165) is 0 Å². The molecule has 0 saturated heterocycles. The van der Waals surface area contributed by atoms with Crippen LogP contribution in [-0.4, -0.2) is 18.2 Å². The van der Waals surface area contributed by atoms with Gasteiger partial charge in [-0.25, -0.2) is 0 Å². The van der Waals surface area contributed by atoms with Crippen molar-refractivity contribution in [2.24, 2.45) is 0 Å². The highest BCUT2D eigenvalue weighted by Gasteiger charge is 2.35. The number of carbonyl (C=O) groups excluding carboxylic acids is 2. The summed E-state index contributed by atoms with van der Waals surface area (Å²) in [7, 11) is 0. The Hall–Kier alpha value is -1.79. The first-order valence-corrected chi connectivity index (χ1v) is 5.58. The maximum Gasteiger partial charge on any atom is 0.299 e. The van der Waals surface area contributed by atoms with Crippen LogP contribution in [0.2, 0.25) is 5.02 Å². The van der Waals surface area contributed by atoms with Crippen molar-refractivity contribution in [3.8, 4) is 11.8 Å². The average Bonchev–Trinajstić information content (AvgIpc) is 2.54. The van der Waals surface area contributed by atoms with Crippen LogP contribution in [0.1, 0.15) is 23.7 Å². The SMILES string of the molecule is CC#CCCN1C(=O)C(=O)c2cc(Cl)ccc21. The van der Waals surface area contributed by atoms with E-state index in [1.807, 2.05) is 0 Å². The van der Waals surface area contributed by atoms with E-state index in [1.54, 1.807) is 19.1 Å². The molecule has 0 aliphatic carbocycles. The number of fused-ring (bicyclic) bond motifs is 1. The Kier molecular flexibility index (Phi) is 3.16. The number of carbonyl (C=O) groups is 2. The van der Waals surface area contributed by atoms with Crippen molar-refractivity contribution in [3.63, 3.8) is 0 Å². The van der Waals surface area contributed by atoms with Crippen LogP contribution in [0.25, 0.3) is 0 Å². The highest BCUT2D eigenvalue weighted by Crippen LogP contribution is 2.31. The summed E-state index contributed by atoms with van der Waals surface area (Å²) >= 11 is 5.81. The lowest BCUT2D eigenvalue weighted by Crippen LogP contribution is -2.30. The molecule has 2 rings (SSSR count). The number of hydrogen-bond donors (Lipinski definition) is 0. The quantitative estimate of drug-likeness (QED) is 0.594. The Morgan fingerprint density at radius 2 is 2.12 bits per heavy atom. The molecular formula is C13H10ClNO2. The molecule has 0 N–H and O–H groups in total. The third-order valence-electron chi connectivity index (χ3n) is 2.57. The first-order chi connectivity index (χ1) is 8.15. The third kappa shape index (κ3) is 2.04. The minimum atomic E-state index is -0.500. The molecule has 0 radical (unpaired) electrons. The molecular weight excluding hydrogens is 238 g/mol. The molecule has 17 heavy (non-hydrogen) atoms. The van der Waals surface area contributed by atoms with Crippen molar-refractivity contribution < 1.29 is 9.59 Å². The standard InChI is InChI=1S/C13H10ClNO2/c1-2-3-4-7-15-11-6-5-9(14)8-10(11)12(16)13(15)17/h5-6,8H,4,7H2,1H3. The largest absolute Gasteiger partial charge is 0.304 e. The lowest BCUT2D eigenvalue weighted by Gasteiger charge is -2.14. The second-order valence-electron chi connectivity index (χ2n) is 3.62. The summed E-state index contributed by atoms with van der Waals surface area (Å²) in [6, 6.07) is 4.90. The molecule has 0 unspecified atom stereocenters. The molecule has 3 nitrogen and oxygen atoms in total. The summed E-state index contributed by atoms with van der Waals surface area (Å²) in [5.74, 6) is 4.63. The molecule has 1 aromatic rings. The Balaban J connectivity index is 2.33. The van der Waals surface area contributed by atoms with Gasteiger partial charge in [0.15, 0.2) is 0 Å². The van der Waals surface area contributed by atoms with E-state index < -0.39 is 11.7 Å². The zero-order valence-electron chi connectivity index (χ0n) is 9.29. The van der Waals surface area contributed by atoms with Crippen LogP contribution in [-0.2, 0) is 4.79 Å². The maximum absolute atomic E-state index is 11.8. The van der Waals surface area contributed by atoms with Crippen molar-refractivity contribution in [2.45, 2.75) is 13.3 Å². The Bertz CT molecular complexity index is 554. The van der Waals surface area contributed by atoms with Gasteiger partial charge in [0.05, 0.1) is 11.3 Å². The molecule has 0 saturated carbocycles. The van der Waals surface area contributed by atoms with Gasteiger partial charge in [0, 0.05) is 18.0 Å². The summed E-state index contributed by atoms with van der Waals surface area (Å²) in [6.45, 7) is 2.17. The number of nitrogens with zero attached hydrogens (tertiary/aromatic N) is 1. The number of benzene rings is 1. The highest BCUT2D eigenvalue weighted by atomic mass is 35.5. The van der Waals surface area contributed by atoms with Crippen LogP contribution in [0.3, 0.4) is 0 Å². The second-order valence-corrected chi connectivity index (χ2v) is 4.06. The molecule has 4 heteroatoms. The lowest BCUT2D eigenvalue weighted by molar-refractivity contribution is -0.114. The fourth-order valence-corrected chi connectivity index (χ4v) is 1.96.